The van der Waals surface area contributed by atoms with Crippen LogP contribution in [0.15, 0.2) is 30.6 Å². The van der Waals surface area contributed by atoms with E-state index < -0.39 is 6.03 Å². The minimum Gasteiger partial charge on any atom is -0.352 e. The molecule has 1 aromatic heterocycles. The molecular weight excluding hydrogens is 218 g/mol. The number of rotatable bonds is 0. The minimum absolute atomic E-state index is 0.495. The topological polar surface area (TPSA) is 92.1 Å². The molecule has 17 heavy (non-hydrogen) atoms. The molecule has 6 heteroatoms. The number of carbonyl (C=O) groups is 1. The number of primary amides is 1. The summed E-state index contributed by atoms with van der Waals surface area (Å²) in [5.74, 6) is 0. The first-order chi connectivity index (χ1) is 8.27. The number of hydrogen-bond donors (Lipinski definition) is 4. The zero-order valence-corrected chi connectivity index (χ0v) is 10.1. The van der Waals surface area contributed by atoms with Crippen LogP contribution in [0.4, 0.5) is 4.79 Å². The number of urea groups is 1. The summed E-state index contributed by atoms with van der Waals surface area (Å²) < 4.78 is 0. The van der Waals surface area contributed by atoms with Crippen molar-refractivity contribution >= 4 is 6.03 Å². The van der Waals surface area contributed by atoms with E-state index in [0.29, 0.717) is 0 Å². The minimum atomic E-state index is -0.495. The van der Waals surface area contributed by atoms with Gasteiger partial charge in [0.1, 0.15) is 0 Å². The zero-order chi connectivity index (χ0) is 12.8. The van der Waals surface area contributed by atoms with Crippen LogP contribution in [0, 0.1) is 0 Å². The summed E-state index contributed by atoms with van der Waals surface area (Å²) >= 11 is 0. The molecule has 2 heterocycles. The number of pyridine rings is 1. The fourth-order valence-corrected chi connectivity index (χ4v) is 0.916. The maximum Gasteiger partial charge on any atom is 0.311 e. The lowest BCUT2D eigenvalue weighted by Gasteiger charge is -2.11. The van der Waals surface area contributed by atoms with Gasteiger partial charge in [0.15, 0.2) is 0 Å². The van der Waals surface area contributed by atoms with Crippen molar-refractivity contribution in [1.29, 1.82) is 0 Å². The lowest BCUT2D eigenvalue weighted by molar-refractivity contribution is 0.251. The Kier molecular flexibility index (Phi) is 11.2. The highest BCUT2D eigenvalue weighted by Gasteiger charge is 1.91. The normalized spacial score (nSPS) is 13.2. The SMILES string of the molecule is C1CNCCN1.CNC(N)=O.c1ccncc1. The van der Waals surface area contributed by atoms with E-state index in [2.05, 4.69) is 26.7 Å². The Bertz CT molecular complexity index is 226. The summed E-state index contributed by atoms with van der Waals surface area (Å²) in [5, 5.41) is 8.61. The second kappa shape index (κ2) is 12.4. The van der Waals surface area contributed by atoms with Crippen LogP contribution >= 0.6 is 0 Å². The Balaban J connectivity index is 0.000000228. The van der Waals surface area contributed by atoms with Crippen LogP contribution in [0.5, 0.6) is 0 Å². The summed E-state index contributed by atoms with van der Waals surface area (Å²) in [6.45, 7) is 4.56. The van der Waals surface area contributed by atoms with Crippen LogP contribution in [0.3, 0.4) is 0 Å². The Hall–Kier alpha value is -1.66. The molecule has 0 saturated carbocycles. The predicted molar refractivity (Wildman–Crippen MR) is 68.6 cm³/mol. The lowest BCUT2D eigenvalue weighted by Crippen LogP contribution is -2.39. The van der Waals surface area contributed by atoms with Gasteiger partial charge in [-0.1, -0.05) is 6.07 Å². The molecule has 1 saturated heterocycles. The summed E-state index contributed by atoms with van der Waals surface area (Å²) in [4.78, 5) is 13.3. The fraction of sp³-hybridized carbons (Fsp3) is 0.455. The zero-order valence-electron chi connectivity index (χ0n) is 10.1. The molecule has 0 aromatic carbocycles. The molecule has 0 atom stereocenters. The number of nitrogens with two attached hydrogens (primary N) is 1. The molecule has 1 aliphatic rings. The van der Waals surface area contributed by atoms with Crippen molar-refractivity contribution in [3.8, 4) is 0 Å². The molecule has 96 valence electrons. The second-order valence-corrected chi connectivity index (χ2v) is 3.14. The number of hydrogen-bond acceptors (Lipinski definition) is 4. The average Bonchev–Trinajstić information content (AvgIpc) is 2.44. The third kappa shape index (κ3) is 14.3. The van der Waals surface area contributed by atoms with E-state index in [-0.39, 0.29) is 0 Å². The molecule has 0 radical (unpaired) electrons. The molecule has 0 bridgehead atoms. The van der Waals surface area contributed by atoms with Crippen molar-refractivity contribution in [3.05, 3.63) is 30.6 Å². The molecule has 1 aromatic rings. The Morgan fingerprint density at radius 2 is 1.53 bits per heavy atom. The van der Waals surface area contributed by atoms with Gasteiger partial charge >= 0.3 is 6.03 Å². The van der Waals surface area contributed by atoms with Gasteiger partial charge in [-0.25, -0.2) is 4.79 Å². The molecule has 0 spiro atoms. The number of aromatic nitrogens is 1. The molecule has 2 amide bonds. The molecule has 0 aliphatic carbocycles. The fourth-order valence-electron chi connectivity index (χ4n) is 0.916. The van der Waals surface area contributed by atoms with Gasteiger partial charge in [-0.05, 0) is 12.1 Å². The Morgan fingerprint density at radius 3 is 1.65 bits per heavy atom. The van der Waals surface area contributed by atoms with Gasteiger partial charge in [-0.3, -0.25) is 4.98 Å². The van der Waals surface area contributed by atoms with Gasteiger partial charge in [0, 0.05) is 45.6 Å². The monoisotopic (exact) mass is 239 g/mol. The largest absolute Gasteiger partial charge is 0.352 e. The number of carbonyl (C=O) groups excluding carboxylic acids is 1. The van der Waals surface area contributed by atoms with E-state index in [1.807, 2.05) is 18.2 Å². The smallest absolute Gasteiger partial charge is 0.311 e. The standard InChI is InChI=1S/C5H5N.C4H10N2.C2H6N2O/c1-2-4-6-5-3-1;1-2-6-4-3-5-1;1-4-2(3)5/h1-5H;5-6H,1-4H2;1H3,(H3,3,4,5). The first kappa shape index (κ1) is 15.3. The van der Waals surface area contributed by atoms with Crippen LogP contribution in [0.2, 0.25) is 0 Å². The molecular formula is C11H21N5O. The van der Waals surface area contributed by atoms with Gasteiger partial charge in [0.05, 0.1) is 0 Å². The highest BCUT2D eigenvalue weighted by molar-refractivity contribution is 5.71. The molecule has 5 N–H and O–H groups in total. The Morgan fingerprint density at radius 1 is 1.12 bits per heavy atom. The second-order valence-electron chi connectivity index (χ2n) is 3.14. The Labute approximate surface area is 102 Å². The summed E-state index contributed by atoms with van der Waals surface area (Å²) in [5.41, 5.74) is 4.54. The van der Waals surface area contributed by atoms with Gasteiger partial charge in [0.25, 0.3) is 0 Å². The quantitative estimate of drug-likeness (QED) is 0.493. The molecule has 6 nitrogen and oxygen atoms in total. The van der Waals surface area contributed by atoms with Gasteiger partial charge in [-0.15, -0.1) is 0 Å². The van der Waals surface area contributed by atoms with E-state index >= 15 is 0 Å². The van der Waals surface area contributed by atoms with E-state index in [9.17, 15) is 4.79 Å². The number of piperazine rings is 1. The number of nitrogens with one attached hydrogen (secondary N) is 3. The van der Waals surface area contributed by atoms with Crippen LogP contribution < -0.4 is 21.7 Å². The van der Waals surface area contributed by atoms with Crippen LogP contribution in [-0.2, 0) is 0 Å². The van der Waals surface area contributed by atoms with Crippen molar-refractivity contribution in [2.75, 3.05) is 33.2 Å². The predicted octanol–water partition coefficient (Wildman–Crippen LogP) is -0.455. The first-order valence-electron chi connectivity index (χ1n) is 5.51. The van der Waals surface area contributed by atoms with E-state index in [1.165, 1.54) is 7.05 Å². The van der Waals surface area contributed by atoms with Crippen molar-refractivity contribution in [3.63, 3.8) is 0 Å². The third-order valence-corrected chi connectivity index (χ3v) is 1.77. The van der Waals surface area contributed by atoms with Gasteiger partial charge < -0.3 is 21.7 Å². The van der Waals surface area contributed by atoms with Gasteiger partial charge in [-0.2, -0.15) is 0 Å². The van der Waals surface area contributed by atoms with Crippen LogP contribution in [0.1, 0.15) is 0 Å². The summed E-state index contributed by atoms with van der Waals surface area (Å²) in [7, 11) is 1.47. The molecule has 1 fully saturated rings. The van der Waals surface area contributed by atoms with E-state index in [0.717, 1.165) is 26.2 Å². The molecule has 2 rings (SSSR count). The highest BCUT2D eigenvalue weighted by Crippen LogP contribution is 1.73. The lowest BCUT2D eigenvalue weighted by atomic mass is 10.4. The van der Waals surface area contributed by atoms with Crippen LogP contribution in [0.25, 0.3) is 0 Å². The summed E-state index contributed by atoms with van der Waals surface area (Å²) in [6.07, 6.45) is 3.50. The van der Waals surface area contributed by atoms with Crippen molar-refractivity contribution < 1.29 is 4.79 Å². The van der Waals surface area contributed by atoms with Crippen molar-refractivity contribution in [2.45, 2.75) is 0 Å². The summed E-state index contributed by atoms with van der Waals surface area (Å²) in [6, 6.07) is 5.22. The third-order valence-electron chi connectivity index (χ3n) is 1.77. The van der Waals surface area contributed by atoms with Gasteiger partial charge in [0.2, 0.25) is 0 Å². The van der Waals surface area contributed by atoms with E-state index in [1.54, 1.807) is 12.4 Å². The van der Waals surface area contributed by atoms with Crippen LogP contribution in [-0.4, -0.2) is 44.2 Å². The molecule has 1 aliphatic heterocycles. The number of amides is 2. The van der Waals surface area contributed by atoms with Crippen molar-refractivity contribution in [1.82, 2.24) is 20.9 Å². The maximum absolute atomic E-state index is 9.48. The highest BCUT2D eigenvalue weighted by atomic mass is 16.2. The first-order valence-corrected chi connectivity index (χ1v) is 5.51. The molecule has 0 unspecified atom stereocenters. The number of nitrogens with zero attached hydrogens (tertiary/aromatic N) is 1. The van der Waals surface area contributed by atoms with E-state index in [4.69, 9.17) is 0 Å². The maximum atomic E-state index is 9.48. The van der Waals surface area contributed by atoms with Crippen molar-refractivity contribution in [2.24, 2.45) is 5.73 Å². The average molecular weight is 239 g/mol.